The zero-order valence-electron chi connectivity index (χ0n) is 12.2. The minimum atomic E-state index is -3.49. The van der Waals surface area contributed by atoms with Crippen molar-refractivity contribution in [3.63, 3.8) is 0 Å². The fraction of sp³-hybridized carbons (Fsp3) is 0.462. The number of hydrogen-bond donors (Lipinski definition) is 2. The second-order valence-electron chi connectivity index (χ2n) is 4.82. The van der Waals surface area contributed by atoms with E-state index in [-0.39, 0.29) is 5.09 Å². The van der Waals surface area contributed by atoms with Gasteiger partial charge in [0.15, 0.2) is 0 Å². The van der Waals surface area contributed by atoms with Crippen LogP contribution in [-0.4, -0.2) is 43.3 Å². The Balaban J connectivity index is 1.76. The maximum Gasteiger partial charge on any atom is 0.275 e. The normalized spacial score (nSPS) is 12.1. The molecule has 0 bridgehead atoms. The minimum absolute atomic E-state index is 0.0279. The molecule has 2 N–H and O–H groups in total. The number of nitrogens with zero attached hydrogens (tertiary/aromatic N) is 2. The van der Waals surface area contributed by atoms with Gasteiger partial charge >= 0.3 is 0 Å². The third-order valence-corrected chi connectivity index (χ3v) is 4.68. The third kappa shape index (κ3) is 4.16. The smallest absolute Gasteiger partial charge is 0.275 e. The molecule has 2 rings (SSSR count). The van der Waals surface area contributed by atoms with Crippen LogP contribution in [0.15, 0.2) is 34.0 Å². The molecule has 0 fully saturated rings. The van der Waals surface area contributed by atoms with E-state index in [1.165, 1.54) is 20.2 Å². The summed E-state index contributed by atoms with van der Waals surface area (Å²) in [6, 6.07) is 3.16. The number of furan rings is 1. The number of aromatic nitrogens is 2. The van der Waals surface area contributed by atoms with Gasteiger partial charge in [0.25, 0.3) is 10.0 Å². The lowest BCUT2D eigenvalue weighted by atomic mass is 10.3. The van der Waals surface area contributed by atoms with Crippen molar-refractivity contribution in [2.24, 2.45) is 0 Å². The fourth-order valence-electron chi connectivity index (χ4n) is 1.80. The van der Waals surface area contributed by atoms with E-state index in [0.717, 1.165) is 29.5 Å². The van der Waals surface area contributed by atoms with Crippen molar-refractivity contribution in [1.82, 2.24) is 19.6 Å². The Morgan fingerprint density at radius 3 is 2.86 bits per heavy atom. The van der Waals surface area contributed by atoms with Crippen LogP contribution in [0.5, 0.6) is 0 Å². The summed E-state index contributed by atoms with van der Waals surface area (Å²) in [6.07, 6.45) is 5.35. The van der Waals surface area contributed by atoms with Gasteiger partial charge in [-0.2, -0.15) is 0 Å². The lowest BCUT2D eigenvalue weighted by Crippen LogP contribution is -2.21. The van der Waals surface area contributed by atoms with Crippen LogP contribution in [-0.2, 0) is 23.0 Å². The van der Waals surface area contributed by atoms with Crippen molar-refractivity contribution < 1.29 is 12.8 Å². The van der Waals surface area contributed by atoms with Crippen LogP contribution >= 0.6 is 0 Å². The van der Waals surface area contributed by atoms with Gasteiger partial charge in [-0.15, -0.1) is 0 Å². The molecule has 116 valence electrons. The van der Waals surface area contributed by atoms with Crippen molar-refractivity contribution in [1.29, 1.82) is 0 Å². The molecule has 0 aliphatic carbocycles. The second-order valence-corrected chi connectivity index (χ2v) is 6.91. The highest BCUT2D eigenvalue weighted by Crippen LogP contribution is 2.16. The van der Waals surface area contributed by atoms with E-state index in [4.69, 9.17) is 4.42 Å². The second kappa shape index (κ2) is 6.88. The molecule has 0 radical (unpaired) electrons. The molecule has 0 aromatic carbocycles. The number of sulfonamides is 1. The van der Waals surface area contributed by atoms with E-state index in [0.29, 0.717) is 12.3 Å². The summed E-state index contributed by atoms with van der Waals surface area (Å²) in [5, 5.41) is 3.19. The molecule has 0 unspecified atom stereocenters. The van der Waals surface area contributed by atoms with Crippen LogP contribution in [0, 0.1) is 0 Å². The van der Waals surface area contributed by atoms with E-state index >= 15 is 0 Å². The summed E-state index contributed by atoms with van der Waals surface area (Å²) in [6.45, 7) is 1.30. The topological polar surface area (TPSA) is 91.2 Å². The number of hydrogen-bond acceptors (Lipinski definition) is 5. The Labute approximate surface area is 124 Å². The summed E-state index contributed by atoms with van der Waals surface area (Å²) in [4.78, 5) is 7.19. The first-order valence-corrected chi connectivity index (χ1v) is 8.14. The Kier molecular flexibility index (Phi) is 5.16. The van der Waals surface area contributed by atoms with Gasteiger partial charge in [-0.05, 0) is 25.1 Å². The molecule has 0 saturated heterocycles. The summed E-state index contributed by atoms with van der Waals surface area (Å²) >= 11 is 0. The monoisotopic (exact) mass is 312 g/mol. The summed E-state index contributed by atoms with van der Waals surface area (Å²) in [5.74, 6) is 1.57. The summed E-state index contributed by atoms with van der Waals surface area (Å²) < 4.78 is 30.2. The van der Waals surface area contributed by atoms with Crippen LogP contribution in [0.2, 0.25) is 0 Å². The van der Waals surface area contributed by atoms with E-state index in [1.54, 1.807) is 18.5 Å². The van der Waals surface area contributed by atoms with Crippen LogP contribution in [0.1, 0.15) is 18.0 Å². The molecule has 0 spiro atoms. The molecule has 2 aromatic heterocycles. The molecule has 0 saturated carbocycles. The van der Waals surface area contributed by atoms with Crippen molar-refractivity contribution >= 4 is 10.0 Å². The van der Waals surface area contributed by atoms with Gasteiger partial charge in [0.05, 0.1) is 6.54 Å². The molecule has 2 heterocycles. The average molecular weight is 312 g/mol. The largest absolute Gasteiger partial charge is 0.447 e. The maximum atomic E-state index is 11.9. The number of imidazole rings is 1. The predicted octanol–water partition coefficient (Wildman–Crippen LogP) is 0.975. The lowest BCUT2D eigenvalue weighted by molar-refractivity contribution is 0.389. The Morgan fingerprint density at radius 2 is 2.19 bits per heavy atom. The van der Waals surface area contributed by atoms with Crippen molar-refractivity contribution in [3.8, 4) is 0 Å². The number of aryl methyl sites for hydroxylation is 1. The zero-order valence-corrected chi connectivity index (χ0v) is 13.0. The van der Waals surface area contributed by atoms with Crippen LogP contribution < -0.4 is 5.32 Å². The first-order valence-electron chi connectivity index (χ1n) is 6.70. The first-order chi connectivity index (χ1) is 10.00. The third-order valence-electron chi connectivity index (χ3n) is 2.99. The lowest BCUT2D eigenvalue weighted by Gasteiger charge is -2.07. The van der Waals surface area contributed by atoms with Crippen molar-refractivity contribution in [2.45, 2.75) is 24.5 Å². The van der Waals surface area contributed by atoms with Gasteiger partial charge in [0.2, 0.25) is 5.09 Å². The van der Waals surface area contributed by atoms with Gasteiger partial charge in [-0.1, -0.05) is 0 Å². The standard InChI is InChI=1S/C13H20N4O3S/c1-17(2)21(18,19)13-6-5-11(20-13)10-14-7-3-4-12-15-8-9-16-12/h5-6,8-9,14H,3-4,7,10H2,1-2H3,(H,15,16). The van der Waals surface area contributed by atoms with E-state index < -0.39 is 10.0 Å². The Bertz CT molecular complexity index is 647. The number of aromatic amines is 1. The van der Waals surface area contributed by atoms with Crippen molar-refractivity contribution in [3.05, 3.63) is 36.1 Å². The van der Waals surface area contributed by atoms with Gasteiger partial charge < -0.3 is 14.7 Å². The van der Waals surface area contributed by atoms with Gasteiger partial charge in [-0.25, -0.2) is 17.7 Å². The molecule has 7 nitrogen and oxygen atoms in total. The summed E-state index contributed by atoms with van der Waals surface area (Å²) in [7, 11) is -0.541. The van der Waals surface area contributed by atoms with Crippen LogP contribution in [0.3, 0.4) is 0 Å². The molecule has 0 aliphatic heterocycles. The van der Waals surface area contributed by atoms with E-state index in [1.807, 2.05) is 0 Å². The minimum Gasteiger partial charge on any atom is -0.447 e. The summed E-state index contributed by atoms with van der Waals surface area (Å²) in [5.41, 5.74) is 0. The number of nitrogens with one attached hydrogen (secondary N) is 2. The Hall–Kier alpha value is -1.64. The highest BCUT2D eigenvalue weighted by molar-refractivity contribution is 7.88. The van der Waals surface area contributed by atoms with E-state index in [9.17, 15) is 8.42 Å². The van der Waals surface area contributed by atoms with E-state index in [2.05, 4.69) is 15.3 Å². The maximum absolute atomic E-state index is 11.9. The molecule has 8 heteroatoms. The zero-order chi connectivity index (χ0) is 15.3. The molecule has 21 heavy (non-hydrogen) atoms. The van der Waals surface area contributed by atoms with Gasteiger partial charge in [-0.3, -0.25) is 0 Å². The SMILES string of the molecule is CN(C)S(=O)(=O)c1ccc(CNCCCc2ncc[nH]2)o1. The molecule has 0 aliphatic rings. The van der Waals surface area contributed by atoms with Crippen LogP contribution in [0.25, 0.3) is 0 Å². The van der Waals surface area contributed by atoms with Gasteiger partial charge in [0, 0.05) is 32.9 Å². The predicted molar refractivity (Wildman–Crippen MR) is 78.2 cm³/mol. The molecule has 2 aromatic rings. The number of H-pyrrole nitrogens is 1. The molecular weight excluding hydrogens is 292 g/mol. The fourth-order valence-corrected chi connectivity index (χ4v) is 2.61. The van der Waals surface area contributed by atoms with Gasteiger partial charge in [0.1, 0.15) is 11.6 Å². The molecule has 0 amide bonds. The number of rotatable bonds is 8. The highest BCUT2D eigenvalue weighted by atomic mass is 32.2. The van der Waals surface area contributed by atoms with Crippen molar-refractivity contribution in [2.75, 3.05) is 20.6 Å². The molecule has 0 atom stereocenters. The first kappa shape index (κ1) is 15.7. The highest BCUT2D eigenvalue weighted by Gasteiger charge is 2.21. The Morgan fingerprint density at radius 1 is 1.38 bits per heavy atom. The molecular formula is C13H20N4O3S. The average Bonchev–Trinajstić information content (AvgIpc) is 3.09. The quantitative estimate of drug-likeness (QED) is 0.709. The van der Waals surface area contributed by atoms with Crippen LogP contribution in [0.4, 0.5) is 0 Å².